The molecular formula is C12H15F2NO. The molecule has 0 bridgehead atoms. The fraction of sp³-hybridized carbons (Fsp3) is 0.417. The van der Waals surface area contributed by atoms with Crippen molar-refractivity contribution < 1.29 is 13.6 Å². The van der Waals surface area contributed by atoms with Crippen molar-refractivity contribution >= 4 is 5.78 Å². The van der Waals surface area contributed by atoms with Crippen molar-refractivity contribution in [1.82, 2.24) is 0 Å². The molecule has 2 nitrogen and oxygen atoms in total. The van der Waals surface area contributed by atoms with Crippen molar-refractivity contribution in [3.8, 4) is 0 Å². The molecule has 16 heavy (non-hydrogen) atoms. The Hall–Kier alpha value is -1.29. The highest BCUT2D eigenvalue weighted by molar-refractivity contribution is 5.81. The second kappa shape index (κ2) is 5.70. The maximum absolute atomic E-state index is 13.2. The number of Topliss-reactive ketones (excluding diaryl/α,β-unsaturated/α-hetero) is 1. The van der Waals surface area contributed by atoms with Crippen molar-refractivity contribution in [2.45, 2.75) is 32.2 Å². The van der Waals surface area contributed by atoms with Crippen LogP contribution in [-0.4, -0.2) is 11.8 Å². The Morgan fingerprint density at radius 3 is 2.69 bits per heavy atom. The Bertz CT molecular complexity index is 379. The quantitative estimate of drug-likeness (QED) is 0.838. The first kappa shape index (κ1) is 12.8. The van der Waals surface area contributed by atoms with Gasteiger partial charge in [0.25, 0.3) is 0 Å². The number of carbonyl (C=O) groups excluding carboxylic acids is 1. The van der Waals surface area contributed by atoms with Gasteiger partial charge in [-0.3, -0.25) is 4.79 Å². The Morgan fingerprint density at radius 2 is 2.12 bits per heavy atom. The molecule has 1 aromatic rings. The lowest BCUT2D eigenvalue weighted by Crippen LogP contribution is -2.23. The second-order valence-electron chi connectivity index (χ2n) is 3.82. The van der Waals surface area contributed by atoms with Gasteiger partial charge in [0, 0.05) is 24.9 Å². The summed E-state index contributed by atoms with van der Waals surface area (Å²) >= 11 is 0. The summed E-state index contributed by atoms with van der Waals surface area (Å²) in [6.45, 7) is 1.89. The van der Waals surface area contributed by atoms with Crippen molar-refractivity contribution in [3.05, 3.63) is 35.4 Å². The lowest BCUT2D eigenvalue weighted by atomic mass is 10.0. The Labute approximate surface area is 93.5 Å². The minimum Gasteiger partial charge on any atom is -0.327 e. The molecule has 0 amide bonds. The van der Waals surface area contributed by atoms with Gasteiger partial charge in [0.15, 0.2) is 0 Å². The number of benzene rings is 1. The van der Waals surface area contributed by atoms with E-state index < -0.39 is 11.6 Å². The third-order valence-corrected chi connectivity index (χ3v) is 2.42. The third-order valence-electron chi connectivity index (χ3n) is 2.42. The molecule has 0 aliphatic heterocycles. The summed E-state index contributed by atoms with van der Waals surface area (Å²) in [6.07, 6.45) is 0.908. The maximum atomic E-state index is 13.2. The first-order valence-electron chi connectivity index (χ1n) is 5.24. The van der Waals surface area contributed by atoms with Crippen LogP contribution in [0.3, 0.4) is 0 Å². The Morgan fingerprint density at radius 1 is 1.44 bits per heavy atom. The highest BCUT2D eigenvalue weighted by Crippen LogP contribution is 2.11. The second-order valence-corrected chi connectivity index (χ2v) is 3.82. The number of hydrogen-bond acceptors (Lipinski definition) is 2. The van der Waals surface area contributed by atoms with Crippen LogP contribution in [0.1, 0.15) is 25.3 Å². The molecule has 1 atom stereocenters. The van der Waals surface area contributed by atoms with Gasteiger partial charge < -0.3 is 5.73 Å². The van der Waals surface area contributed by atoms with Gasteiger partial charge in [-0.1, -0.05) is 13.0 Å². The predicted octanol–water partition coefficient (Wildman–Crippen LogP) is 2.20. The van der Waals surface area contributed by atoms with Gasteiger partial charge in [0.2, 0.25) is 0 Å². The van der Waals surface area contributed by atoms with E-state index in [-0.39, 0.29) is 30.2 Å². The lowest BCUT2D eigenvalue weighted by Gasteiger charge is -2.07. The Balaban J connectivity index is 2.63. The Kier molecular flexibility index (Phi) is 4.55. The number of nitrogens with two attached hydrogens (primary N) is 1. The van der Waals surface area contributed by atoms with E-state index in [4.69, 9.17) is 5.73 Å². The molecule has 0 aliphatic carbocycles. The van der Waals surface area contributed by atoms with Gasteiger partial charge in [0.1, 0.15) is 17.4 Å². The van der Waals surface area contributed by atoms with E-state index in [0.29, 0.717) is 6.42 Å². The highest BCUT2D eigenvalue weighted by atomic mass is 19.1. The highest BCUT2D eigenvalue weighted by Gasteiger charge is 2.11. The fourth-order valence-corrected chi connectivity index (χ4v) is 1.39. The van der Waals surface area contributed by atoms with Gasteiger partial charge in [-0.2, -0.15) is 0 Å². The molecule has 0 aromatic heterocycles. The number of ketones is 1. The van der Waals surface area contributed by atoms with Crippen molar-refractivity contribution in [3.63, 3.8) is 0 Å². The molecule has 1 aromatic carbocycles. The fourth-order valence-electron chi connectivity index (χ4n) is 1.39. The van der Waals surface area contributed by atoms with E-state index in [1.54, 1.807) is 0 Å². The third kappa shape index (κ3) is 3.70. The average Bonchev–Trinajstić information content (AvgIpc) is 2.22. The molecule has 0 fully saturated rings. The van der Waals surface area contributed by atoms with E-state index in [1.165, 1.54) is 6.07 Å². The summed E-state index contributed by atoms with van der Waals surface area (Å²) in [5.41, 5.74) is 5.83. The van der Waals surface area contributed by atoms with Crippen LogP contribution in [0.25, 0.3) is 0 Å². The van der Waals surface area contributed by atoms with E-state index in [0.717, 1.165) is 12.1 Å². The van der Waals surface area contributed by atoms with Crippen LogP contribution >= 0.6 is 0 Å². The van der Waals surface area contributed by atoms with Gasteiger partial charge in [-0.15, -0.1) is 0 Å². The zero-order valence-electron chi connectivity index (χ0n) is 9.17. The van der Waals surface area contributed by atoms with Crippen LogP contribution in [0, 0.1) is 11.6 Å². The minimum atomic E-state index is -0.682. The zero-order valence-corrected chi connectivity index (χ0v) is 9.17. The monoisotopic (exact) mass is 227 g/mol. The van der Waals surface area contributed by atoms with Crippen LogP contribution in [0.2, 0.25) is 0 Å². The summed E-state index contributed by atoms with van der Waals surface area (Å²) in [4.78, 5) is 11.5. The molecule has 0 saturated heterocycles. The largest absolute Gasteiger partial charge is 0.327 e. The smallest absolute Gasteiger partial charge is 0.138 e. The van der Waals surface area contributed by atoms with Gasteiger partial charge in [0.05, 0.1) is 0 Å². The molecule has 0 radical (unpaired) electrons. The summed E-state index contributed by atoms with van der Waals surface area (Å²) in [6, 6.07) is 3.03. The molecular weight excluding hydrogens is 212 g/mol. The first-order valence-corrected chi connectivity index (χ1v) is 5.24. The topological polar surface area (TPSA) is 43.1 Å². The number of halogens is 2. The SMILES string of the molecule is CCC(N)CC(=O)Cc1ccc(F)cc1F. The van der Waals surface area contributed by atoms with Crippen LogP contribution < -0.4 is 5.73 Å². The summed E-state index contributed by atoms with van der Waals surface area (Å²) in [7, 11) is 0. The molecule has 0 heterocycles. The predicted molar refractivity (Wildman–Crippen MR) is 58.0 cm³/mol. The number of carbonyl (C=O) groups is 1. The first-order chi connectivity index (χ1) is 7.52. The van der Waals surface area contributed by atoms with E-state index in [2.05, 4.69) is 0 Å². The molecule has 0 spiro atoms. The van der Waals surface area contributed by atoms with Crippen LogP contribution in [-0.2, 0) is 11.2 Å². The van der Waals surface area contributed by atoms with E-state index >= 15 is 0 Å². The summed E-state index contributed by atoms with van der Waals surface area (Å²) in [5, 5.41) is 0. The maximum Gasteiger partial charge on any atom is 0.138 e. The van der Waals surface area contributed by atoms with Gasteiger partial charge in [-0.25, -0.2) is 8.78 Å². The van der Waals surface area contributed by atoms with Gasteiger partial charge in [-0.05, 0) is 18.1 Å². The molecule has 88 valence electrons. The molecule has 1 rings (SSSR count). The molecule has 0 saturated carbocycles. The lowest BCUT2D eigenvalue weighted by molar-refractivity contribution is -0.118. The van der Waals surface area contributed by atoms with Crippen LogP contribution in [0.5, 0.6) is 0 Å². The zero-order chi connectivity index (χ0) is 12.1. The number of hydrogen-bond donors (Lipinski definition) is 1. The van der Waals surface area contributed by atoms with Crippen molar-refractivity contribution in [2.24, 2.45) is 5.73 Å². The standard InChI is InChI=1S/C12H15F2NO/c1-2-10(15)7-11(16)5-8-3-4-9(13)6-12(8)14/h3-4,6,10H,2,5,7,15H2,1H3. The van der Waals surface area contributed by atoms with Crippen LogP contribution in [0.15, 0.2) is 18.2 Å². The molecule has 2 N–H and O–H groups in total. The van der Waals surface area contributed by atoms with Crippen LogP contribution in [0.4, 0.5) is 8.78 Å². The normalized spacial score (nSPS) is 12.5. The minimum absolute atomic E-state index is 0.0280. The average molecular weight is 227 g/mol. The van der Waals surface area contributed by atoms with Crippen molar-refractivity contribution in [2.75, 3.05) is 0 Å². The van der Waals surface area contributed by atoms with E-state index in [1.807, 2.05) is 6.92 Å². The molecule has 1 unspecified atom stereocenters. The molecule has 4 heteroatoms. The summed E-state index contributed by atoms with van der Waals surface area (Å²) in [5.74, 6) is -1.45. The molecule has 0 aliphatic rings. The number of rotatable bonds is 5. The summed E-state index contributed by atoms with van der Waals surface area (Å²) < 4.78 is 25.8. The van der Waals surface area contributed by atoms with E-state index in [9.17, 15) is 13.6 Å². The van der Waals surface area contributed by atoms with Gasteiger partial charge >= 0.3 is 0 Å². The van der Waals surface area contributed by atoms with Crippen molar-refractivity contribution in [1.29, 1.82) is 0 Å².